The molecule has 0 saturated heterocycles. The number of carboxylic acids is 1. The van der Waals surface area contributed by atoms with Crippen molar-refractivity contribution < 1.29 is 15.0 Å². The van der Waals surface area contributed by atoms with E-state index in [1.807, 2.05) is 19.0 Å². The summed E-state index contributed by atoms with van der Waals surface area (Å²) in [5, 5.41) is 19.8. The average Bonchev–Trinajstić information content (AvgIpc) is 1.96. The lowest BCUT2D eigenvalue weighted by Crippen LogP contribution is -2.42. The summed E-state index contributed by atoms with van der Waals surface area (Å²) in [5.74, 6) is -1.02. The normalized spacial score (nSPS) is 13.3. The van der Waals surface area contributed by atoms with Crippen LogP contribution in [0.2, 0.25) is 0 Å². The van der Waals surface area contributed by atoms with Gasteiger partial charge in [-0.05, 0) is 14.1 Å². The van der Waals surface area contributed by atoms with Crippen LogP contribution in [0.5, 0.6) is 0 Å². The maximum atomic E-state index is 10.4. The van der Waals surface area contributed by atoms with Gasteiger partial charge in [0, 0.05) is 13.1 Å². The lowest BCUT2D eigenvalue weighted by Gasteiger charge is -2.14. The topological polar surface area (TPSA) is 72.8 Å². The van der Waals surface area contributed by atoms with E-state index in [4.69, 9.17) is 10.2 Å². The van der Waals surface area contributed by atoms with Crippen molar-refractivity contribution in [3.8, 4) is 0 Å². The Hall–Kier alpha value is -0.650. The summed E-state index contributed by atoms with van der Waals surface area (Å²) in [4.78, 5) is 12.3. The first-order valence-electron chi connectivity index (χ1n) is 3.79. The van der Waals surface area contributed by atoms with Gasteiger partial charge in [0.05, 0.1) is 6.61 Å². The predicted octanol–water partition coefficient (Wildman–Crippen LogP) is -1.42. The van der Waals surface area contributed by atoms with E-state index in [-0.39, 0.29) is 6.61 Å². The molecule has 3 N–H and O–H groups in total. The highest BCUT2D eigenvalue weighted by Crippen LogP contribution is 1.81. The summed E-state index contributed by atoms with van der Waals surface area (Å²) in [7, 11) is 3.80. The van der Waals surface area contributed by atoms with Gasteiger partial charge >= 0.3 is 5.97 Å². The molecule has 72 valence electrons. The van der Waals surface area contributed by atoms with Gasteiger partial charge in [0.2, 0.25) is 0 Å². The van der Waals surface area contributed by atoms with E-state index in [9.17, 15) is 4.79 Å². The molecule has 0 heterocycles. The van der Waals surface area contributed by atoms with Crippen molar-refractivity contribution in [3.05, 3.63) is 0 Å². The monoisotopic (exact) mass is 176 g/mol. The number of rotatable bonds is 6. The first kappa shape index (κ1) is 11.4. The van der Waals surface area contributed by atoms with Crippen LogP contribution in [0.3, 0.4) is 0 Å². The molecule has 5 nitrogen and oxygen atoms in total. The molecule has 5 heteroatoms. The van der Waals surface area contributed by atoms with Crippen LogP contribution in [0, 0.1) is 0 Å². The van der Waals surface area contributed by atoms with Crippen LogP contribution in [-0.4, -0.2) is 60.9 Å². The molecule has 1 atom stereocenters. The van der Waals surface area contributed by atoms with E-state index in [2.05, 4.69) is 5.32 Å². The molecule has 0 amide bonds. The molecule has 0 aromatic carbocycles. The maximum absolute atomic E-state index is 10.4. The SMILES string of the molecule is CN(C)CCNC(CO)C(=O)O. The third-order valence-electron chi connectivity index (χ3n) is 1.43. The molecule has 0 radical (unpaired) electrons. The second kappa shape index (κ2) is 5.93. The summed E-state index contributed by atoms with van der Waals surface area (Å²) in [6, 6.07) is -0.843. The Morgan fingerprint density at radius 3 is 2.50 bits per heavy atom. The largest absolute Gasteiger partial charge is 0.480 e. The fourth-order valence-corrected chi connectivity index (χ4v) is 0.692. The van der Waals surface area contributed by atoms with Gasteiger partial charge in [-0.2, -0.15) is 0 Å². The Morgan fingerprint density at radius 1 is 1.58 bits per heavy atom. The van der Waals surface area contributed by atoms with E-state index in [1.54, 1.807) is 0 Å². The van der Waals surface area contributed by atoms with Gasteiger partial charge in [-0.3, -0.25) is 4.79 Å². The molecule has 1 unspecified atom stereocenters. The second-order valence-corrected chi connectivity index (χ2v) is 2.83. The van der Waals surface area contributed by atoms with Crippen molar-refractivity contribution >= 4 is 5.97 Å². The minimum absolute atomic E-state index is 0.372. The zero-order valence-corrected chi connectivity index (χ0v) is 7.45. The zero-order chi connectivity index (χ0) is 9.56. The van der Waals surface area contributed by atoms with Crippen molar-refractivity contribution in [1.82, 2.24) is 10.2 Å². The number of nitrogens with zero attached hydrogens (tertiary/aromatic N) is 1. The van der Waals surface area contributed by atoms with E-state index in [1.165, 1.54) is 0 Å². The number of hydrogen-bond donors (Lipinski definition) is 3. The fraction of sp³-hybridized carbons (Fsp3) is 0.857. The Labute approximate surface area is 72.0 Å². The number of likely N-dealkylation sites (N-methyl/N-ethyl adjacent to an activating group) is 1. The Kier molecular flexibility index (Phi) is 5.61. The number of aliphatic hydroxyl groups is 1. The predicted molar refractivity (Wildman–Crippen MR) is 45.1 cm³/mol. The van der Waals surface area contributed by atoms with Crippen LogP contribution < -0.4 is 5.32 Å². The van der Waals surface area contributed by atoms with Crippen molar-refractivity contribution in [2.45, 2.75) is 6.04 Å². The van der Waals surface area contributed by atoms with E-state index < -0.39 is 12.0 Å². The molecule has 12 heavy (non-hydrogen) atoms. The molecular formula is C7H16N2O3. The quantitative estimate of drug-likeness (QED) is 0.463. The lowest BCUT2D eigenvalue weighted by atomic mass is 10.3. The smallest absolute Gasteiger partial charge is 0.323 e. The highest BCUT2D eigenvalue weighted by molar-refractivity contribution is 5.73. The molecule has 0 aliphatic carbocycles. The van der Waals surface area contributed by atoms with Gasteiger partial charge in [0.15, 0.2) is 0 Å². The van der Waals surface area contributed by atoms with Crippen molar-refractivity contribution in [1.29, 1.82) is 0 Å². The van der Waals surface area contributed by atoms with E-state index >= 15 is 0 Å². The van der Waals surface area contributed by atoms with E-state index in [0.717, 1.165) is 6.54 Å². The number of aliphatic hydroxyl groups excluding tert-OH is 1. The molecule has 0 saturated carbocycles. The summed E-state index contributed by atoms with van der Waals surface area (Å²) in [5.41, 5.74) is 0. The third-order valence-corrected chi connectivity index (χ3v) is 1.43. The van der Waals surface area contributed by atoms with Gasteiger partial charge in [0.25, 0.3) is 0 Å². The van der Waals surface area contributed by atoms with Crippen LogP contribution in [0.1, 0.15) is 0 Å². The van der Waals surface area contributed by atoms with E-state index in [0.29, 0.717) is 6.54 Å². The highest BCUT2D eigenvalue weighted by atomic mass is 16.4. The average molecular weight is 176 g/mol. The zero-order valence-electron chi connectivity index (χ0n) is 7.45. The molecule has 0 aromatic rings. The molecule has 0 aliphatic heterocycles. The summed E-state index contributed by atoms with van der Waals surface area (Å²) in [6.45, 7) is 0.942. The molecule has 0 aromatic heterocycles. The first-order chi connectivity index (χ1) is 5.57. The van der Waals surface area contributed by atoms with Crippen molar-refractivity contribution in [2.75, 3.05) is 33.8 Å². The van der Waals surface area contributed by atoms with Crippen LogP contribution >= 0.6 is 0 Å². The summed E-state index contributed by atoms with van der Waals surface area (Å²) in [6.07, 6.45) is 0. The number of carbonyl (C=O) groups is 1. The van der Waals surface area contributed by atoms with Gasteiger partial charge in [-0.1, -0.05) is 0 Å². The Bertz CT molecular complexity index is 139. The maximum Gasteiger partial charge on any atom is 0.323 e. The number of aliphatic carboxylic acids is 1. The molecule has 0 bridgehead atoms. The Balaban J connectivity index is 3.52. The highest BCUT2D eigenvalue weighted by Gasteiger charge is 2.14. The Morgan fingerprint density at radius 2 is 2.17 bits per heavy atom. The van der Waals surface area contributed by atoms with Crippen LogP contribution in [0.25, 0.3) is 0 Å². The first-order valence-corrected chi connectivity index (χ1v) is 3.79. The number of hydrogen-bond acceptors (Lipinski definition) is 4. The van der Waals surface area contributed by atoms with Crippen molar-refractivity contribution in [3.63, 3.8) is 0 Å². The fourth-order valence-electron chi connectivity index (χ4n) is 0.692. The molecule has 0 aliphatic rings. The van der Waals surface area contributed by atoms with Gasteiger partial charge < -0.3 is 20.4 Å². The summed E-state index contributed by atoms with van der Waals surface area (Å²) < 4.78 is 0. The van der Waals surface area contributed by atoms with Crippen LogP contribution in [-0.2, 0) is 4.79 Å². The summed E-state index contributed by atoms with van der Waals surface area (Å²) >= 11 is 0. The van der Waals surface area contributed by atoms with Gasteiger partial charge in [0.1, 0.15) is 6.04 Å². The standard InChI is InChI=1S/C7H16N2O3/c1-9(2)4-3-8-6(5-10)7(11)12/h6,8,10H,3-5H2,1-2H3,(H,11,12). The molecule has 0 rings (SSSR count). The molecule has 0 spiro atoms. The minimum Gasteiger partial charge on any atom is -0.480 e. The third kappa shape index (κ3) is 5.06. The van der Waals surface area contributed by atoms with Gasteiger partial charge in [-0.15, -0.1) is 0 Å². The minimum atomic E-state index is -1.02. The number of nitrogens with one attached hydrogen (secondary N) is 1. The van der Waals surface area contributed by atoms with Gasteiger partial charge in [-0.25, -0.2) is 0 Å². The number of carboxylic acid groups (broad SMARTS) is 1. The lowest BCUT2D eigenvalue weighted by molar-refractivity contribution is -0.140. The molecular weight excluding hydrogens is 160 g/mol. The van der Waals surface area contributed by atoms with Crippen LogP contribution in [0.15, 0.2) is 0 Å². The molecule has 0 fully saturated rings. The second-order valence-electron chi connectivity index (χ2n) is 2.83. The van der Waals surface area contributed by atoms with Crippen molar-refractivity contribution in [2.24, 2.45) is 0 Å². The van der Waals surface area contributed by atoms with Crippen LogP contribution in [0.4, 0.5) is 0 Å².